The van der Waals surface area contributed by atoms with Gasteiger partial charge < -0.3 is 35.1 Å². The first-order chi connectivity index (χ1) is 17.1. The topological polar surface area (TPSA) is 101 Å². The number of hydrogen-bond acceptors (Lipinski definition) is 6. The molecule has 36 heavy (non-hydrogen) atoms. The van der Waals surface area contributed by atoms with Crippen LogP contribution in [-0.2, 0) is 9.53 Å². The minimum atomic E-state index is -0.472. The number of hydrogen-bond donors (Lipinski definition) is 3. The van der Waals surface area contributed by atoms with E-state index in [1.807, 2.05) is 32.9 Å². The molecule has 0 aliphatic carbocycles. The second-order valence-electron chi connectivity index (χ2n) is 8.74. The largest absolute Gasteiger partial charge is 0.497 e. The van der Waals surface area contributed by atoms with Crippen LogP contribution in [0.1, 0.15) is 32.4 Å². The molecule has 0 bridgehead atoms. The quantitative estimate of drug-likeness (QED) is 0.346. The number of urea groups is 1. The number of methoxy groups -OCH3 is 2. The molecule has 0 aromatic heterocycles. The lowest BCUT2D eigenvalue weighted by molar-refractivity contribution is -0.140. The van der Waals surface area contributed by atoms with Gasteiger partial charge in [-0.1, -0.05) is 26.0 Å². The standard InChI is InChI=1S/C26H32N4O5S/c1-15(2)14-35-24(31)22-16(3)30(4)26(36)29-23(22)17-7-9-18(10-8-17)27-25(32)28-19-11-20(33-5)13-21(12-19)34-6/h7-13,15,23H,14H2,1-6H3,(H,29,36)(H2,27,28,32). The molecule has 192 valence electrons. The number of amides is 2. The van der Waals surface area contributed by atoms with Crippen molar-refractivity contribution in [3.8, 4) is 11.5 Å². The van der Waals surface area contributed by atoms with Gasteiger partial charge in [0.2, 0.25) is 0 Å². The fourth-order valence-electron chi connectivity index (χ4n) is 3.60. The average molecular weight is 513 g/mol. The summed E-state index contributed by atoms with van der Waals surface area (Å²) in [5, 5.41) is 9.29. The van der Waals surface area contributed by atoms with E-state index in [1.165, 1.54) is 14.2 Å². The summed E-state index contributed by atoms with van der Waals surface area (Å²) >= 11 is 5.45. The third-order valence-electron chi connectivity index (χ3n) is 5.63. The number of rotatable bonds is 8. The molecule has 1 atom stereocenters. The van der Waals surface area contributed by atoms with Gasteiger partial charge >= 0.3 is 12.0 Å². The lowest BCUT2D eigenvalue weighted by atomic mass is 9.95. The van der Waals surface area contributed by atoms with Crippen molar-refractivity contribution in [3.63, 3.8) is 0 Å². The molecule has 1 aliphatic heterocycles. The van der Waals surface area contributed by atoms with Crippen LogP contribution < -0.4 is 25.4 Å². The van der Waals surface area contributed by atoms with Gasteiger partial charge in [0.05, 0.1) is 32.4 Å². The summed E-state index contributed by atoms with van der Waals surface area (Å²) in [5.41, 5.74) is 3.13. The molecule has 0 fully saturated rings. The van der Waals surface area contributed by atoms with Crippen molar-refractivity contribution in [3.05, 3.63) is 59.3 Å². The Kier molecular flexibility index (Phi) is 8.76. The predicted molar refractivity (Wildman–Crippen MR) is 143 cm³/mol. The Morgan fingerprint density at radius 2 is 1.61 bits per heavy atom. The molecule has 9 nitrogen and oxygen atoms in total. The summed E-state index contributed by atoms with van der Waals surface area (Å²) in [7, 11) is 4.89. The van der Waals surface area contributed by atoms with Gasteiger partial charge in [0.15, 0.2) is 5.11 Å². The van der Waals surface area contributed by atoms with Crippen LogP contribution in [-0.4, -0.2) is 49.9 Å². The van der Waals surface area contributed by atoms with Crippen LogP contribution in [0, 0.1) is 5.92 Å². The molecule has 2 amide bonds. The van der Waals surface area contributed by atoms with Crippen molar-refractivity contribution >= 4 is 40.7 Å². The molecule has 10 heteroatoms. The molecule has 0 saturated heterocycles. The number of ether oxygens (including phenoxy) is 3. The third-order valence-corrected chi connectivity index (χ3v) is 6.02. The van der Waals surface area contributed by atoms with Crippen molar-refractivity contribution in [1.82, 2.24) is 10.2 Å². The molecule has 0 spiro atoms. The highest BCUT2D eigenvalue weighted by Gasteiger charge is 2.33. The number of allylic oxidation sites excluding steroid dienone is 1. The third kappa shape index (κ3) is 6.45. The highest BCUT2D eigenvalue weighted by atomic mass is 32.1. The molecule has 1 heterocycles. The fraction of sp³-hybridized carbons (Fsp3) is 0.346. The number of carbonyl (C=O) groups excluding carboxylic acids is 2. The summed E-state index contributed by atoms with van der Waals surface area (Å²) < 4.78 is 16.0. The van der Waals surface area contributed by atoms with E-state index < -0.39 is 12.1 Å². The SMILES string of the molecule is COc1cc(NC(=O)Nc2ccc(C3NC(=S)N(C)C(C)=C3C(=O)OCC(C)C)cc2)cc(OC)c1. The van der Waals surface area contributed by atoms with Crippen molar-refractivity contribution in [2.24, 2.45) is 5.92 Å². The van der Waals surface area contributed by atoms with E-state index in [0.717, 1.165) is 11.3 Å². The summed E-state index contributed by atoms with van der Waals surface area (Å²) in [5.74, 6) is 0.953. The van der Waals surface area contributed by atoms with Crippen LogP contribution in [0.25, 0.3) is 0 Å². The van der Waals surface area contributed by atoms with E-state index in [1.54, 1.807) is 42.3 Å². The molecule has 3 rings (SSSR count). The fourth-order valence-corrected chi connectivity index (χ4v) is 3.86. The normalized spacial score (nSPS) is 15.4. The highest BCUT2D eigenvalue weighted by Crippen LogP contribution is 2.32. The van der Waals surface area contributed by atoms with E-state index in [4.69, 9.17) is 26.4 Å². The van der Waals surface area contributed by atoms with Gasteiger partial charge in [-0.15, -0.1) is 0 Å². The van der Waals surface area contributed by atoms with Crippen LogP contribution in [0.3, 0.4) is 0 Å². The maximum atomic E-state index is 13.0. The van der Waals surface area contributed by atoms with E-state index in [2.05, 4.69) is 16.0 Å². The Labute approximate surface area is 216 Å². The van der Waals surface area contributed by atoms with E-state index in [-0.39, 0.29) is 11.9 Å². The van der Waals surface area contributed by atoms with Crippen LogP contribution >= 0.6 is 12.2 Å². The molecule has 1 unspecified atom stereocenters. The van der Waals surface area contributed by atoms with E-state index >= 15 is 0 Å². The number of carbonyl (C=O) groups is 2. The zero-order valence-electron chi connectivity index (χ0n) is 21.3. The lowest BCUT2D eigenvalue weighted by Gasteiger charge is -2.35. The summed E-state index contributed by atoms with van der Waals surface area (Å²) in [6, 6.07) is 11.4. The van der Waals surface area contributed by atoms with Crippen LogP contribution in [0.2, 0.25) is 0 Å². The number of nitrogens with zero attached hydrogens (tertiary/aromatic N) is 1. The number of esters is 1. The summed E-state index contributed by atoms with van der Waals surface area (Å²) in [6.07, 6.45) is 0. The minimum Gasteiger partial charge on any atom is -0.497 e. The van der Waals surface area contributed by atoms with Crippen LogP contribution in [0.5, 0.6) is 11.5 Å². The molecular weight excluding hydrogens is 480 g/mol. The van der Waals surface area contributed by atoms with Gasteiger partial charge in [0.25, 0.3) is 0 Å². The Bertz CT molecular complexity index is 1140. The Hall–Kier alpha value is -3.79. The maximum Gasteiger partial charge on any atom is 0.338 e. The highest BCUT2D eigenvalue weighted by molar-refractivity contribution is 7.80. The second-order valence-corrected chi connectivity index (χ2v) is 9.12. The minimum absolute atomic E-state index is 0.221. The number of nitrogens with one attached hydrogen (secondary N) is 3. The average Bonchev–Trinajstić information content (AvgIpc) is 2.85. The smallest absolute Gasteiger partial charge is 0.338 e. The Balaban J connectivity index is 1.76. The van der Waals surface area contributed by atoms with Crippen LogP contribution in [0.4, 0.5) is 16.2 Å². The van der Waals surface area contributed by atoms with Gasteiger partial charge in [-0.25, -0.2) is 9.59 Å². The first kappa shape index (κ1) is 26.8. The van der Waals surface area contributed by atoms with E-state index in [0.29, 0.717) is 40.2 Å². The van der Waals surface area contributed by atoms with Crippen molar-refractivity contribution in [1.29, 1.82) is 0 Å². The van der Waals surface area contributed by atoms with Gasteiger partial charge in [-0.2, -0.15) is 0 Å². The Morgan fingerprint density at radius 3 is 2.17 bits per heavy atom. The van der Waals surface area contributed by atoms with E-state index in [9.17, 15) is 9.59 Å². The lowest BCUT2D eigenvalue weighted by Crippen LogP contribution is -2.46. The molecule has 2 aromatic carbocycles. The summed E-state index contributed by atoms with van der Waals surface area (Å²) in [6.45, 7) is 6.14. The van der Waals surface area contributed by atoms with Gasteiger partial charge in [0, 0.05) is 42.3 Å². The zero-order chi connectivity index (χ0) is 26.4. The Morgan fingerprint density at radius 1 is 1.03 bits per heavy atom. The van der Waals surface area contributed by atoms with Gasteiger partial charge in [0.1, 0.15) is 11.5 Å². The van der Waals surface area contributed by atoms with Crippen molar-refractivity contribution < 1.29 is 23.8 Å². The first-order valence-electron chi connectivity index (χ1n) is 11.5. The number of anilines is 2. The molecule has 1 aliphatic rings. The molecule has 0 saturated carbocycles. The molecule has 0 radical (unpaired) electrons. The predicted octanol–water partition coefficient (Wildman–Crippen LogP) is 4.68. The summed E-state index contributed by atoms with van der Waals surface area (Å²) in [4.78, 5) is 27.3. The zero-order valence-corrected chi connectivity index (χ0v) is 22.1. The van der Waals surface area contributed by atoms with Gasteiger partial charge in [-0.05, 0) is 42.8 Å². The molecule has 3 N–H and O–H groups in total. The number of thiocarbonyl (C=S) groups is 1. The number of benzene rings is 2. The molecule has 2 aromatic rings. The maximum absolute atomic E-state index is 13.0. The van der Waals surface area contributed by atoms with Crippen LogP contribution in [0.15, 0.2) is 53.7 Å². The first-order valence-corrected chi connectivity index (χ1v) is 11.9. The van der Waals surface area contributed by atoms with Gasteiger partial charge in [-0.3, -0.25) is 0 Å². The second kappa shape index (κ2) is 11.8. The monoisotopic (exact) mass is 512 g/mol. The van der Waals surface area contributed by atoms with Crippen molar-refractivity contribution in [2.75, 3.05) is 38.5 Å². The molecular formula is C26H32N4O5S. The van der Waals surface area contributed by atoms with Crippen molar-refractivity contribution in [2.45, 2.75) is 26.8 Å².